The van der Waals surface area contributed by atoms with Crippen LogP contribution < -0.4 is 0 Å². The molecule has 0 bridgehead atoms. The minimum Gasteiger partial charge on any atom is -0.293 e. The molecule has 1 heteroatoms. The highest BCUT2D eigenvalue weighted by Gasteiger charge is 2.42. The van der Waals surface area contributed by atoms with E-state index in [1.807, 2.05) is 84.9 Å². The Bertz CT molecular complexity index is 1340. The van der Waals surface area contributed by atoms with Gasteiger partial charge in [0.15, 0.2) is 5.78 Å². The van der Waals surface area contributed by atoms with Gasteiger partial charge in [-0.2, -0.15) is 0 Å². The van der Waals surface area contributed by atoms with Crippen LogP contribution in [0, 0.1) is 0 Å². The molecule has 0 aliphatic carbocycles. The lowest BCUT2D eigenvalue weighted by Crippen LogP contribution is -2.37. The number of benzene rings is 5. The largest absolute Gasteiger partial charge is 0.293 e. The predicted octanol–water partition coefficient (Wildman–Crippen LogP) is 8.31. The van der Waals surface area contributed by atoms with Gasteiger partial charge in [-0.1, -0.05) is 152 Å². The number of carbonyl (C=O) groups is 1. The Morgan fingerprint density at radius 1 is 0.514 bits per heavy atom. The summed E-state index contributed by atoms with van der Waals surface area (Å²) >= 11 is 0. The third-order valence-electron chi connectivity index (χ3n) is 6.97. The number of carbonyl (C=O) groups excluding carboxylic acids is 1. The van der Waals surface area contributed by atoms with Crippen LogP contribution in [0.3, 0.4) is 0 Å². The van der Waals surface area contributed by atoms with E-state index in [1.165, 1.54) is 5.56 Å². The fourth-order valence-corrected chi connectivity index (χ4v) is 5.13. The third-order valence-corrected chi connectivity index (χ3v) is 6.97. The lowest BCUT2D eigenvalue weighted by Gasteiger charge is -2.34. The third kappa shape index (κ3) is 5.22. The van der Waals surface area contributed by atoms with Gasteiger partial charge in [0.1, 0.15) is 5.41 Å². The second-order valence-corrected chi connectivity index (χ2v) is 9.23. The van der Waals surface area contributed by atoms with Crippen LogP contribution in [0.5, 0.6) is 0 Å². The standard InChI is InChI=1S/C36H30O/c37-35(28-31(30-18-8-2-9-19-30)27-26-29-16-6-1-7-17-29)36(32-20-10-3-11-21-32,33-22-12-4-13-23-33)34-24-14-5-15-25-34/h1-25,28H,26-27H2/b31-28+. The van der Waals surface area contributed by atoms with Gasteiger partial charge in [-0.3, -0.25) is 4.79 Å². The van der Waals surface area contributed by atoms with Crippen LogP contribution in [0.2, 0.25) is 0 Å². The number of rotatable bonds is 9. The van der Waals surface area contributed by atoms with Gasteiger partial charge in [0.2, 0.25) is 0 Å². The average molecular weight is 479 g/mol. The van der Waals surface area contributed by atoms with Gasteiger partial charge in [0, 0.05) is 0 Å². The van der Waals surface area contributed by atoms with Crippen molar-refractivity contribution >= 4 is 11.4 Å². The number of ketones is 1. The molecule has 0 spiro atoms. The molecule has 0 aliphatic heterocycles. The zero-order valence-corrected chi connectivity index (χ0v) is 20.8. The van der Waals surface area contributed by atoms with Crippen LogP contribution in [0.25, 0.3) is 5.57 Å². The molecule has 0 aliphatic rings. The van der Waals surface area contributed by atoms with Crippen molar-refractivity contribution in [2.75, 3.05) is 0 Å². The number of hydrogen-bond acceptors (Lipinski definition) is 1. The molecule has 1 nitrogen and oxygen atoms in total. The van der Waals surface area contributed by atoms with Gasteiger partial charge < -0.3 is 0 Å². The van der Waals surface area contributed by atoms with E-state index < -0.39 is 5.41 Å². The molecular weight excluding hydrogens is 448 g/mol. The average Bonchev–Trinajstić information content (AvgIpc) is 2.98. The highest BCUT2D eigenvalue weighted by Crippen LogP contribution is 2.41. The summed E-state index contributed by atoms with van der Waals surface area (Å²) < 4.78 is 0. The maximum Gasteiger partial charge on any atom is 0.175 e. The van der Waals surface area contributed by atoms with E-state index in [0.717, 1.165) is 40.7 Å². The number of hydrogen-bond donors (Lipinski definition) is 0. The molecular formula is C36H30O. The first-order valence-corrected chi connectivity index (χ1v) is 12.8. The maximum absolute atomic E-state index is 14.8. The van der Waals surface area contributed by atoms with Crippen LogP contribution in [0.1, 0.15) is 34.2 Å². The van der Waals surface area contributed by atoms with Crippen LogP contribution in [0.4, 0.5) is 0 Å². The smallest absolute Gasteiger partial charge is 0.175 e. The molecule has 0 aromatic heterocycles. The Morgan fingerprint density at radius 2 is 0.892 bits per heavy atom. The second-order valence-electron chi connectivity index (χ2n) is 9.23. The van der Waals surface area contributed by atoms with Gasteiger partial charge in [0.05, 0.1) is 0 Å². The van der Waals surface area contributed by atoms with Crippen LogP contribution in [-0.2, 0) is 16.6 Å². The lowest BCUT2D eigenvalue weighted by atomic mass is 9.66. The summed E-state index contributed by atoms with van der Waals surface area (Å²) in [6, 6.07) is 51.2. The molecule has 0 radical (unpaired) electrons. The molecule has 5 aromatic carbocycles. The summed E-state index contributed by atoms with van der Waals surface area (Å²) in [7, 11) is 0. The molecule has 5 rings (SSSR count). The quantitative estimate of drug-likeness (QED) is 0.154. The summed E-state index contributed by atoms with van der Waals surface area (Å²) in [4.78, 5) is 14.8. The van der Waals surface area contributed by atoms with E-state index in [-0.39, 0.29) is 5.78 Å². The van der Waals surface area contributed by atoms with E-state index in [9.17, 15) is 4.79 Å². The molecule has 5 aromatic rings. The Labute approximate surface area is 219 Å². The molecule has 0 atom stereocenters. The van der Waals surface area contributed by atoms with Crippen molar-refractivity contribution in [2.45, 2.75) is 18.3 Å². The van der Waals surface area contributed by atoms with Crippen LogP contribution in [0.15, 0.2) is 158 Å². The molecule has 0 saturated carbocycles. The van der Waals surface area contributed by atoms with Crippen molar-refractivity contribution < 1.29 is 4.79 Å². The Kier molecular flexibility index (Phi) is 7.52. The number of aryl methyl sites for hydroxylation is 1. The van der Waals surface area contributed by atoms with Crippen molar-refractivity contribution in [3.63, 3.8) is 0 Å². The van der Waals surface area contributed by atoms with Crippen molar-refractivity contribution in [3.05, 3.63) is 186 Å². The van der Waals surface area contributed by atoms with Crippen LogP contribution in [-0.4, -0.2) is 5.78 Å². The maximum atomic E-state index is 14.8. The molecule has 0 unspecified atom stereocenters. The van der Waals surface area contributed by atoms with Crippen molar-refractivity contribution in [3.8, 4) is 0 Å². The monoisotopic (exact) mass is 478 g/mol. The van der Waals surface area contributed by atoms with E-state index >= 15 is 0 Å². The fourth-order valence-electron chi connectivity index (χ4n) is 5.13. The van der Waals surface area contributed by atoms with E-state index in [2.05, 4.69) is 72.8 Å². The second kappa shape index (κ2) is 11.5. The topological polar surface area (TPSA) is 17.1 Å². The minimum absolute atomic E-state index is 0.0583. The number of allylic oxidation sites excluding steroid dienone is 2. The van der Waals surface area contributed by atoms with E-state index in [4.69, 9.17) is 0 Å². The first-order valence-electron chi connectivity index (χ1n) is 12.8. The highest BCUT2D eigenvalue weighted by molar-refractivity contribution is 6.08. The predicted molar refractivity (Wildman–Crippen MR) is 153 cm³/mol. The zero-order valence-electron chi connectivity index (χ0n) is 20.8. The summed E-state index contributed by atoms with van der Waals surface area (Å²) in [5.41, 5.74) is 5.31. The summed E-state index contributed by atoms with van der Waals surface area (Å²) in [6.45, 7) is 0. The molecule has 180 valence electrons. The first-order chi connectivity index (χ1) is 18.3. The molecule has 37 heavy (non-hydrogen) atoms. The van der Waals surface area contributed by atoms with Gasteiger partial charge in [-0.15, -0.1) is 0 Å². The van der Waals surface area contributed by atoms with Crippen molar-refractivity contribution in [1.29, 1.82) is 0 Å². The SMILES string of the molecule is O=C(/C=C(\CCc1ccccc1)c1ccccc1)C(c1ccccc1)(c1ccccc1)c1ccccc1. The van der Waals surface area contributed by atoms with Gasteiger partial charge >= 0.3 is 0 Å². The van der Waals surface area contributed by atoms with E-state index in [0.29, 0.717) is 0 Å². The molecule has 0 fully saturated rings. The highest BCUT2D eigenvalue weighted by atomic mass is 16.1. The zero-order chi connectivity index (χ0) is 25.3. The summed E-state index contributed by atoms with van der Waals surface area (Å²) in [6.07, 6.45) is 3.53. The van der Waals surface area contributed by atoms with Gasteiger partial charge in [0.25, 0.3) is 0 Å². The normalized spacial score (nSPS) is 11.7. The van der Waals surface area contributed by atoms with Gasteiger partial charge in [-0.05, 0) is 52.3 Å². The Balaban J connectivity index is 1.69. The molecule has 0 N–H and O–H groups in total. The summed E-state index contributed by atoms with van der Waals surface area (Å²) in [5.74, 6) is 0.0583. The fraction of sp³-hybridized carbons (Fsp3) is 0.0833. The Morgan fingerprint density at radius 3 is 1.32 bits per heavy atom. The van der Waals surface area contributed by atoms with Crippen LogP contribution >= 0.6 is 0 Å². The Hall–Kier alpha value is -4.49. The van der Waals surface area contributed by atoms with Crippen molar-refractivity contribution in [1.82, 2.24) is 0 Å². The minimum atomic E-state index is -0.962. The molecule has 0 saturated heterocycles. The van der Waals surface area contributed by atoms with Crippen molar-refractivity contribution in [2.24, 2.45) is 0 Å². The summed E-state index contributed by atoms with van der Waals surface area (Å²) in [5, 5.41) is 0. The lowest BCUT2D eigenvalue weighted by molar-refractivity contribution is -0.117. The molecule has 0 heterocycles. The van der Waals surface area contributed by atoms with E-state index in [1.54, 1.807) is 0 Å². The molecule has 0 amide bonds. The first kappa shape index (κ1) is 24.2. The van der Waals surface area contributed by atoms with Gasteiger partial charge in [-0.25, -0.2) is 0 Å².